The summed E-state index contributed by atoms with van der Waals surface area (Å²) in [6.07, 6.45) is -3.42. The molecule has 0 radical (unpaired) electrons. The number of alkyl halides is 3. The van der Waals surface area contributed by atoms with Crippen LogP contribution in [-0.4, -0.2) is 24.6 Å². The van der Waals surface area contributed by atoms with E-state index in [0.29, 0.717) is 24.0 Å². The number of benzene rings is 2. The van der Waals surface area contributed by atoms with Gasteiger partial charge in [0.15, 0.2) is 0 Å². The van der Waals surface area contributed by atoms with Crippen molar-refractivity contribution < 1.29 is 27.5 Å². The van der Waals surface area contributed by atoms with Gasteiger partial charge in [0.25, 0.3) is 0 Å². The summed E-state index contributed by atoms with van der Waals surface area (Å²) in [6.45, 7) is 2.24. The number of hydrogen-bond acceptors (Lipinski definition) is 4. The lowest BCUT2D eigenvalue weighted by Gasteiger charge is -2.11. The molecular formula is C18H15ClF3N3O3. The summed E-state index contributed by atoms with van der Waals surface area (Å²) in [5.74, 6) is -1.81. The molecule has 0 atom stereocenters. The minimum absolute atomic E-state index is 0.234. The highest BCUT2D eigenvalue weighted by Crippen LogP contribution is 2.36. The molecule has 0 bridgehead atoms. The molecule has 0 unspecified atom stereocenters. The van der Waals surface area contributed by atoms with E-state index in [0.717, 1.165) is 12.1 Å². The molecule has 2 aromatic rings. The lowest BCUT2D eigenvalue weighted by molar-refractivity contribution is -0.137. The molecule has 0 saturated heterocycles. The molecule has 28 heavy (non-hydrogen) atoms. The van der Waals surface area contributed by atoms with Crippen molar-refractivity contribution in [2.75, 3.05) is 11.9 Å². The lowest BCUT2D eigenvalue weighted by atomic mass is 10.2. The smallest absolute Gasteiger partial charge is 0.417 e. The fourth-order valence-corrected chi connectivity index (χ4v) is 2.32. The van der Waals surface area contributed by atoms with Crippen molar-refractivity contribution in [2.24, 2.45) is 5.10 Å². The standard InChI is InChI=1S/C18H15ClF3N3O3/c1-2-28-15-6-4-3-5-11(15)10-23-25-17(27)16(26)24-12-7-8-14(19)13(9-12)18(20,21)22/h3-10H,2H2,1H3,(H,24,26)(H,25,27)/b23-10-. The second kappa shape index (κ2) is 9.23. The highest BCUT2D eigenvalue weighted by atomic mass is 35.5. The van der Waals surface area contributed by atoms with Crippen molar-refractivity contribution in [2.45, 2.75) is 13.1 Å². The molecule has 2 rings (SSSR count). The Morgan fingerprint density at radius 1 is 1.18 bits per heavy atom. The normalized spacial score (nSPS) is 11.3. The molecule has 0 saturated carbocycles. The minimum atomic E-state index is -4.70. The minimum Gasteiger partial charge on any atom is -0.493 e. The number of ether oxygens (including phenoxy) is 1. The predicted octanol–water partition coefficient (Wildman–Crippen LogP) is 3.85. The number of para-hydroxylation sites is 1. The van der Waals surface area contributed by atoms with E-state index in [1.165, 1.54) is 6.21 Å². The van der Waals surface area contributed by atoms with Gasteiger partial charge in [0, 0.05) is 11.3 Å². The van der Waals surface area contributed by atoms with Crippen molar-refractivity contribution in [1.82, 2.24) is 5.43 Å². The van der Waals surface area contributed by atoms with E-state index in [1.54, 1.807) is 31.2 Å². The van der Waals surface area contributed by atoms with E-state index in [9.17, 15) is 22.8 Å². The van der Waals surface area contributed by atoms with Crippen LogP contribution in [0.15, 0.2) is 47.6 Å². The third kappa shape index (κ3) is 5.71. The Morgan fingerprint density at radius 3 is 2.57 bits per heavy atom. The number of hydrazone groups is 1. The number of carbonyl (C=O) groups is 2. The molecule has 2 amide bonds. The maximum absolute atomic E-state index is 12.8. The van der Waals surface area contributed by atoms with Gasteiger partial charge in [0.1, 0.15) is 5.75 Å². The maximum Gasteiger partial charge on any atom is 0.417 e. The van der Waals surface area contributed by atoms with E-state index in [4.69, 9.17) is 16.3 Å². The van der Waals surface area contributed by atoms with Crippen molar-refractivity contribution in [3.8, 4) is 5.75 Å². The van der Waals surface area contributed by atoms with Crippen LogP contribution < -0.4 is 15.5 Å². The van der Waals surface area contributed by atoms with Gasteiger partial charge in [0.2, 0.25) is 0 Å². The number of carbonyl (C=O) groups excluding carboxylic acids is 2. The van der Waals surface area contributed by atoms with E-state index >= 15 is 0 Å². The van der Waals surface area contributed by atoms with Gasteiger partial charge < -0.3 is 10.1 Å². The number of halogens is 4. The van der Waals surface area contributed by atoms with E-state index in [1.807, 2.05) is 5.43 Å². The van der Waals surface area contributed by atoms with Crippen LogP contribution in [-0.2, 0) is 15.8 Å². The van der Waals surface area contributed by atoms with E-state index < -0.39 is 28.6 Å². The van der Waals surface area contributed by atoms with E-state index in [-0.39, 0.29) is 5.69 Å². The fraction of sp³-hybridized carbons (Fsp3) is 0.167. The third-order valence-corrected chi connectivity index (χ3v) is 3.65. The zero-order valence-corrected chi connectivity index (χ0v) is 15.3. The van der Waals surface area contributed by atoms with Gasteiger partial charge in [-0.05, 0) is 37.3 Å². The van der Waals surface area contributed by atoms with Crippen LogP contribution in [0.4, 0.5) is 18.9 Å². The van der Waals surface area contributed by atoms with Crippen molar-refractivity contribution >= 4 is 35.3 Å². The predicted molar refractivity (Wildman–Crippen MR) is 98.4 cm³/mol. The Kier molecular flexibility index (Phi) is 7.00. The molecule has 0 heterocycles. The molecule has 148 valence electrons. The van der Waals surface area contributed by atoms with Gasteiger partial charge in [-0.15, -0.1) is 0 Å². The SMILES string of the molecule is CCOc1ccccc1/C=N\NC(=O)C(=O)Nc1ccc(Cl)c(C(F)(F)F)c1. The topological polar surface area (TPSA) is 79.8 Å². The monoisotopic (exact) mass is 413 g/mol. The summed E-state index contributed by atoms with van der Waals surface area (Å²) < 4.78 is 43.9. The van der Waals surface area contributed by atoms with Crippen LogP contribution in [0.3, 0.4) is 0 Å². The number of hydrogen-bond donors (Lipinski definition) is 2. The zero-order valence-electron chi connectivity index (χ0n) is 14.5. The second-order valence-electron chi connectivity index (χ2n) is 5.32. The highest BCUT2D eigenvalue weighted by molar-refractivity contribution is 6.39. The first-order chi connectivity index (χ1) is 13.2. The molecule has 0 aliphatic rings. The molecule has 0 spiro atoms. The molecule has 6 nitrogen and oxygen atoms in total. The van der Waals surface area contributed by atoms with Crippen LogP contribution in [0.5, 0.6) is 5.75 Å². The molecule has 0 aromatic heterocycles. The molecule has 0 aliphatic heterocycles. The summed E-state index contributed by atoms with van der Waals surface area (Å²) in [7, 11) is 0. The van der Waals surface area contributed by atoms with Gasteiger partial charge in [0.05, 0.1) is 23.4 Å². The Labute approximate surface area is 163 Å². The largest absolute Gasteiger partial charge is 0.493 e. The van der Waals surface area contributed by atoms with Crippen molar-refractivity contribution in [1.29, 1.82) is 0 Å². The number of amides is 2. The second-order valence-corrected chi connectivity index (χ2v) is 5.72. The molecule has 10 heteroatoms. The zero-order chi connectivity index (χ0) is 20.7. The van der Waals surface area contributed by atoms with E-state index in [2.05, 4.69) is 10.4 Å². The summed E-state index contributed by atoms with van der Waals surface area (Å²) in [5.41, 5.74) is 1.20. The van der Waals surface area contributed by atoms with Crippen LogP contribution in [0.25, 0.3) is 0 Å². The number of nitrogens with zero attached hydrogens (tertiary/aromatic N) is 1. The van der Waals surface area contributed by atoms with Crippen LogP contribution in [0, 0.1) is 0 Å². The highest BCUT2D eigenvalue weighted by Gasteiger charge is 2.33. The Hall–Kier alpha value is -3.07. The summed E-state index contributed by atoms with van der Waals surface area (Å²) >= 11 is 5.50. The van der Waals surface area contributed by atoms with Crippen molar-refractivity contribution in [3.05, 3.63) is 58.6 Å². The first kappa shape index (κ1) is 21.2. The third-order valence-electron chi connectivity index (χ3n) is 3.32. The lowest BCUT2D eigenvalue weighted by Crippen LogP contribution is -2.32. The Bertz CT molecular complexity index is 901. The van der Waals surface area contributed by atoms with Crippen LogP contribution >= 0.6 is 11.6 Å². The average molecular weight is 414 g/mol. The first-order valence-electron chi connectivity index (χ1n) is 7.95. The van der Waals surface area contributed by atoms with Gasteiger partial charge >= 0.3 is 18.0 Å². The number of anilines is 1. The number of nitrogens with one attached hydrogen (secondary N) is 2. The summed E-state index contributed by atoms with van der Waals surface area (Å²) in [6, 6.07) is 9.64. The quantitative estimate of drug-likeness (QED) is 0.444. The molecule has 0 fully saturated rings. The maximum atomic E-state index is 12.8. The van der Waals surface area contributed by atoms with Gasteiger partial charge in [-0.3, -0.25) is 9.59 Å². The molecule has 2 N–H and O–H groups in total. The first-order valence-corrected chi connectivity index (χ1v) is 8.33. The van der Waals surface area contributed by atoms with Gasteiger partial charge in [-0.25, -0.2) is 5.43 Å². The van der Waals surface area contributed by atoms with Gasteiger partial charge in [-0.2, -0.15) is 18.3 Å². The number of rotatable bonds is 5. The molecular weight excluding hydrogens is 399 g/mol. The Balaban J connectivity index is 2.02. The average Bonchev–Trinajstić information content (AvgIpc) is 2.64. The Morgan fingerprint density at radius 2 is 1.89 bits per heavy atom. The van der Waals surface area contributed by atoms with Crippen LogP contribution in [0.1, 0.15) is 18.1 Å². The van der Waals surface area contributed by atoms with Crippen molar-refractivity contribution in [3.63, 3.8) is 0 Å². The fourth-order valence-electron chi connectivity index (χ4n) is 2.09. The van der Waals surface area contributed by atoms with Crippen LogP contribution in [0.2, 0.25) is 5.02 Å². The molecule has 0 aliphatic carbocycles. The summed E-state index contributed by atoms with van der Waals surface area (Å²) in [4.78, 5) is 23.6. The van der Waals surface area contributed by atoms with Gasteiger partial charge in [-0.1, -0.05) is 23.7 Å². The summed E-state index contributed by atoms with van der Waals surface area (Å²) in [5, 5.41) is 5.18. The molecule has 2 aromatic carbocycles.